The number of ether oxygens (including phenoxy) is 1. The summed E-state index contributed by atoms with van der Waals surface area (Å²) < 4.78 is 7.42. The quantitative estimate of drug-likeness (QED) is 0.915. The highest BCUT2D eigenvalue weighted by Crippen LogP contribution is 2.30. The molecular weight excluding hydrogens is 250 g/mol. The van der Waals surface area contributed by atoms with Crippen molar-refractivity contribution in [2.24, 2.45) is 11.7 Å². The van der Waals surface area contributed by atoms with Gasteiger partial charge in [0.1, 0.15) is 11.1 Å². The van der Waals surface area contributed by atoms with Crippen molar-refractivity contribution in [1.29, 1.82) is 0 Å². The van der Waals surface area contributed by atoms with Crippen molar-refractivity contribution in [2.75, 3.05) is 6.61 Å². The second-order valence-electron chi connectivity index (χ2n) is 4.96. The van der Waals surface area contributed by atoms with E-state index in [1.165, 1.54) is 11.3 Å². The zero-order chi connectivity index (χ0) is 12.7. The average molecular weight is 267 g/mol. The summed E-state index contributed by atoms with van der Waals surface area (Å²) in [6, 6.07) is -0.0472. The van der Waals surface area contributed by atoms with Gasteiger partial charge in [-0.1, -0.05) is 25.2 Å². The molecule has 1 fully saturated rings. The lowest BCUT2D eigenvalue weighted by Crippen LogP contribution is -2.17. The van der Waals surface area contributed by atoms with Gasteiger partial charge >= 0.3 is 0 Å². The van der Waals surface area contributed by atoms with E-state index in [4.69, 9.17) is 10.5 Å². The van der Waals surface area contributed by atoms with Crippen LogP contribution < -0.4 is 5.73 Å². The van der Waals surface area contributed by atoms with Gasteiger partial charge in [0.2, 0.25) is 4.96 Å². The van der Waals surface area contributed by atoms with Crippen molar-refractivity contribution >= 4 is 16.3 Å². The van der Waals surface area contributed by atoms with Crippen LogP contribution in [0.15, 0.2) is 0 Å². The molecule has 2 unspecified atom stereocenters. The van der Waals surface area contributed by atoms with Crippen LogP contribution in [0.5, 0.6) is 0 Å². The van der Waals surface area contributed by atoms with Crippen LogP contribution in [0.25, 0.3) is 4.96 Å². The Balaban J connectivity index is 1.97. The topological polar surface area (TPSA) is 78.3 Å². The highest BCUT2D eigenvalue weighted by molar-refractivity contribution is 7.16. The van der Waals surface area contributed by atoms with Gasteiger partial charge in [-0.3, -0.25) is 0 Å². The normalized spacial score (nSPS) is 22.1. The van der Waals surface area contributed by atoms with Crippen molar-refractivity contribution in [2.45, 2.75) is 38.8 Å². The van der Waals surface area contributed by atoms with Crippen molar-refractivity contribution in [1.82, 2.24) is 19.8 Å². The van der Waals surface area contributed by atoms with Gasteiger partial charge in [-0.2, -0.15) is 9.61 Å². The first-order chi connectivity index (χ1) is 8.66. The van der Waals surface area contributed by atoms with E-state index in [9.17, 15) is 0 Å². The second-order valence-corrected chi connectivity index (χ2v) is 5.95. The van der Waals surface area contributed by atoms with E-state index in [1.807, 2.05) is 0 Å². The van der Waals surface area contributed by atoms with Gasteiger partial charge in [0.05, 0.1) is 6.04 Å². The van der Waals surface area contributed by atoms with Gasteiger partial charge in [-0.05, 0) is 18.8 Å². The molecule has 1 aliphatic rings. The van der Waals surface area contributed by atoms with E-state index in [-0.39, 0.29) is 12.1 Å². The minimum Gasteiger partial charge on any atom is -0.370 e. The minimum absolute atomic E-state index is 0.0326. The highest BCUT2D eigenvalue weighted by atomic mass is 32.1. The van der Waals surface area contributed by atoms with Crippen LogP contribution in [0.4, 0.5) is 0 Å². The van der Waals surface area contributed by atoms with Crippen LogP contribution in [-0.4, -0.2) is 26.4 Å². The third-order valence-electron chi connectivity index (χ3n) is 3.25. The molecule has 2 aromatic rings. The zero-order valence-corrected chi connectivity index (χ0v) is 11.4. The van der Waals surface area contributed by atoms with Gasteiger partial charge in [0.25, 0.3) is 0 Å². The summed E-state index contributed by atoms with van der Waals surface area (Å²) in [7, 11) is 0. The fourth-order valence-electron chi connectivity index (χ4n) is 2.05. The first-order valence-corrected chi connectivity index (χ1v) is 7.07. The van der Waals surface area contributed by atoms with Crippen LogP contribution in [0.3, 0.4) is 0 Å². The Morgan fingerprint density at radius 2 is 2.28 bits per heavy atom. The zero-order valence-electron chi connectivity index (χ0n) is 10.5. The molecule has 0 radical (unpaired) electrons. The first-order valence-electron chi connectivity index (χ1n) is 6.26. The maximum absolute atomic E-state index is 6.12. The number of rotatable bonds is 3. The molecule has 2 aromatic heterocycles. The third-order valence-corrected chi connectivity index (χ3v) is 4.25. The minimum atomic E-state index is -0.0472. The van der Waals surface area contributed by atoms with Gasteiger partial charge in [0, 0.05) is 6.61 Å². The number of aromatic nitrogens is 4. The Bertz CT molecular complexity index is 543. The fourth-order valence-corrected chi connectivity index (χ4v) is 3.07. The summed E-state index contributed by atoms with van der Waals surface area (Å²) in [5, 5.41) is 13.8. The predicted octanol–water partition coefficient (Wildman–Crippen LogP) is 1.69. The molecule has 0 aromatic carbocycles. The van der Waals surface area contributed by atoms with E-state index < -0.39 is 0 Å². The molecule has 0 amide bonds. The van der Waals surface area contributed by atoms with E-state index in [1.54, 1.807) is 4.52 Å². The molecule has 0 saturated carbocycles. The molecule has 18 heavy (non-hydrogen) atoms. The van der Waals surface area contributed by atoms with Crippen LogP contribution in [0, 0.1) is 5.92 Å². The lowest BCUT2D eigenvalue weighted by Gasteiger charge is -2.11. The maximum atomic E-state index is 6.12. The first kappa shape index (κ1) is 12.0. The molecule has 0 spiro atoms. The number of fused-ring (bicyclic) bond motifs is 1. The van der Waals surface area contributed by atoms with Crippen molar-refractivity contribution in [3.05, 3.63) is 10.8 Å². The van der Waals surface area contributed by atoms with Gasteiger partial charge in [-0.15, -0.1) is 10.2 Å². The molecule has 6 nitrogen and oxygen atoms in total. The summed E-state index contributed by atoms with van der Waals surface area (Å²) in [5.41, 5.74) is 6.12. The maximum Gasteiger partial charge on any atom is 0.234 e. The van der Waals surface area contributed by atoms with E-state index in [0.29, 0.717) is 5.92 Å². The summed E-state index contributed by atoms with van der Waals surface area (Å²) >= 11 is 1.51. The molecule has 2 atom stereocenters. The molecule has 7 heteroatoms. The van der Waals surface area contributed by atoms with Gasteiger partial charge in [-0.25, -0.2) is 0 Å². The highest BCUT2D eigenvalue weighted by Gasteiger charge is 2.26. The summed E-state index contributed by atoms with van der Waals surface area (Å²) in [4.78, 5) is 0.798. The molecule has 3 heterocycles. The molecule has 1 saturated heterocycles. The lowest BCUT2D eigenvalue weighted by molar-refractivity contribution is 0.103. The van der Waals surface area contributed by atoms with Crippen LogP contribution in [0.1, 0.15) is 49.7 Å². The fraction of sp³-hybridized carbons (Fsp3) is 0.727. The Morgan fingerprint density at radius 1 is 1.44 bits per heavy atom. The molecule has 98 valence electrons. The molecule has 2 N–H and O–H groups in total. The summed E-state index contributed by atoms with van der Waals surface area (Å²) in [6.07, 6.45) is 2.09. The Kier molecular flexibility index (Phi) is 3.04. The number of hydrogen-bond acceptors (Lipinski definition) is 6. The van der Waals surface area contributed by atoms with Crippen LogP contribution in [-0.2, 0) is 4.74 Å². The van der Waals surface area contributed by atoms with E-state index in [0.717, 1.165) is 35.2 Å². The lowest BCUT2D eigenvalue weighted by atomic mass is 10.1. The molecule has 0 bridgehead atoms. The average Bonchev–Trinajstić information content (AvgIpc) is 3.02. The molecular formula is C11H17N5OS. The Morgan fingerprint density at radius 3 is 2.94 bits per heavy atom. The second kappa shape index (κ2) is 4.56. The van der Waals surface area contributed by atoms with Gasteiger partial charge < -0.3 is 10.5 Å². The Hall–Kier alpha value is -1.05. The van der Waals surface area contributed by atoms with E-state index >= 15 is 0 Å². The SMILES string of the molecule is CC(C)C(N)c1nn2c(C3CCCO3)nnc2s1. The van der Waals surface area contributed by atoms with Gasteiger partial charge in [0.15, 0.2) is 5.82 Å². The molecule has 0 aliphatic carbocycles. The number of nitrogens with zero attached hydrogens (tertiary/aromatic N) is 4. The van der Waals surface area contributed by atoms with Crippen molar-refractivity contribution < 1.29 is 4.74 Å². The van der Waals surface area contributed by atoms with Crippen LogP contribution in [0.2, 0.25) is 0 Å². The number of hydrogen-bond donors (Lipinski definition) is 1. The molecule has 3 rings (SSSR count). The summed E-state index contributed by atoms with van der Waals surface area (Å²) in [5.74, 6) is 1.17. The third kappa shape index (κ3) is 1.92. The van der Waals surface area contributed by atoms with Crippen molar-refractivity contribution in [3.63, 3.8) is 0 Å². The molecule has 1 aliphatic heterocycles. The van der Waals surface area contributed by atoms with Crippen molar-refractivity contribution in [3.8, 4) is 0 Å². The standard InChI is InChI=1S/C11H17N5OS/c1-6(2)8(12)10-15-16-9(7-4-3-5-17-7)13-14-11(16)18-10/h6-8H,3-5,12H2,1-2H3. The summed E-state index contributed by atoms with van der Waals surface area (Å²) in [6.45, 7) is 4.98. The monoisotopic (exact) mass is 267 g/mol. The smallest absolute Gasteiger partial charge is 0.234 e. The van der Waals surface area contributed by atoms with E-state index in [2.05, 4.69) is 29.1 Å². The number of nitrogens with two attached hydrogens (primary N) is 1. The van der Waals surface area contributed by atoms with Crippen LogP contribution >= 0.6 is 11.3 Å². The predicted molar refractivity (Wildman–Crippen MR) is 68.4 cm³/mol. The Labute approximate surface area is 109 Å². The largest absolute Gasteiger partial charge is 0.370 e.